The number of benzene rings is 1. The van der Waals surface area contributed by atoms with E-state index in [1.807, 2.05) is 6.92 Å². The van der Waals surface area contributed by atoms with Gasteiger partial charge in [0.2, 0.25) is 0 Å². The lowest BCUT2D eigenvalue weighted by molar-refractivity contribution is -0.168. The standard InChI is InChI=1S/C15H15ClN2O/c1-10(6-17)14-7-15(8-14,9-14)18-13(19)11-3-2-4-12(16)5-11/h2-5,10H,7-9H2,1H3,(H,18,19). The summed E-state index contributed by atoms with van der Waals surface area (Å²) >= 11 is 5.88. The molecular formula is C15H15ClN2O. The molecule has 1 aromatic rings. The van der Waals surface area contributed by atoms with E-state index >= 15 is 0 Å². The van der Waals surface area contributed by atoms with Crippen LogP contribution in [0.5, 0.6) is 0 Å². The minimum absolute atomic E-state index is 0.0650. The van der Waals surface area contributed by atoms with Gasteiger partial charge in [-0.05, 0) is 49.8 Å². The summed E-state index contributed by atoms with van der Waals surface area (Å²) in [6, 6.07) is 9.29. The summed E-state index contributed by atoms with van der Waals surface area (Å²) in [6.07, 6.45) is 2.79. The zero-order chi connectivity index (χ0) is 13.7. The molecule has 3 nitrogen and oxygen atoms in total. The Kier molecular flexibility index (Phi) is 2.62. The maximum absolute atomic E-state index is 12.1. The molecule has 3 aliphatic carbocycles. The van der Waals surface area contributed by atoms with Crippen molar-refractivity contribution in [1.82, 2.24) is 5.32 Å². The third-order valence-corrected chi connectivity index (χ3v) is 4.88. The van der Waals surface area contributed by atoms with Crippen LogP contribution in [0.25, 0.3) is 0 Å². The maximum atomic E-state index is 12.1. The molecule has 0 spiro atoms. The molecule has 1 aromatic carbocycles. The van der Waals surface area contributed by atoms with E-state index < -0.39 is 0 Å². The van der Waals surface area contributed by atoms with Crippen LogP contribution < -0.4 is 5.32 Å². The van der Waals surface area contributed by atoms with Gasteiger partial charge in [-0.1, -0.05) is 17.7 Å². The van der Waals surface area contributed by atoms with Gasteiger partial charge >= 0.3 is 0 Å². The summed E-state index contributed by atoms with van der Waals surface area (Å²) in [5.41, 5.74) is 0.695. The smallest absolute Gasteiger partial charge is 0.251 e. The van der Waals surface area contributed by atoms with E-state index in [9.17, 15) is 4.79 Å². The molecule has 4 heteroatoms. The second kappa shape index (κ2) is 3.98. The van der Waals surface area contributed by atoms with Gasteiger partial charge in [-0.25, -0.2) is 0 Å². The molecule has 1 unspecified atom stereocenters. The van der Waals surface area contributed by atoms with Gasteiger partial charge in [-0.15, -0.1) is 0 Å². The van der Waals surface area contributed by atoms with Crippen LogP contribution in [-0.2, 0) is 0 Å². The number of nitrogens with zero attached hydrogens (tertiary/aromatic N) is 1. The van der Waals surface area contributed by atoms with E-state index in [-0.39, 0.29) is 22.8 Å². The number of carbonyl (C=O) groups excluding carboxylic acids is 1. The van der Waals surface area contributed by atoms with Crippen molar-refractivity contribution >= 4 is 17.5 Å². The summed E-state index contributed by atoms with van der Waals surface area (Å²) < 4.78 is 0. The Hall–Kier alpha value is -1.53. The van der Waals surface area contributed by atoms with Gasteiger partial charge in [0.1, 0.15) is 0 Å². The lowest BCUT2D eigenvalue weighted by atomic mass is 9.36. The van der Waals surface area contributed by atoms with Gasteiger partial charge in [0.05, 0.1) is 6.07 Å². The summed E-state index contributed by atoms with van der Waals surface area (Å²) in [7, 11) is 0. The predicted octanol–water partition coefficient (Wildman–Crippen LogP) is 3.15. The van der Waals surface area contributed by atoms with Crippen molar-refractivity contribution in [2.45, 2.75) is 31.7 Å². The van der Waals surface area contributed by atoms with Crippen LogP contribution in [0, 0.1) is 22.7 Å². The lowest BCUT2D eigenvalue weighted by Gasteiger charge is -2.71. The first kappa shape index (κ1) is 12.5. The average Bonchev–Trinajstić information content (AvgIpc) is 2.30. The Morgan fingerprint density at radius 2 is 2.16 bits per heavy atom. The number of amides is 1. The lowest BCUT2D eigenvalue weighted by Crippen LogP contribution is -2.76. The Labute approximate surface area is 117 Å². The average molecular weight is 275 g/mol. The molecule has 0 radical (unpaired) electrons. The molecule has 0 aromatic heterocycles. The summed E-state index contributed by atoms with van der Waals surface area (Å²) in [4.78, 5) is 12.1. The Balaban J connectivity index is 1.64. The number of rotatable bonds is 3. The van der Waals surface area contributed by atoms with Crippen molar-refractivity contribution in [3.05, 3.63) is 34.9 Å². The SMILES string of the molecule is CC(C#N)C12CC(NC(=O)c3cccc(Cl)c3)(C1)C2. The molecule has 0 heterocycles. The van der Waals surface area contributed by atoms with Crippen molar-refractivity contribution in [1.29, 1.82) is 5.26 Å². The van der Waals surface area contributed by atoms with E-state index in [1.165, 1.54) is 0 Å². The molecule has 1 amide bonds. The zero-order valence-corrected chi connectivity index (χ0v) is 11.5. The van der Waals surface area contributed by atoms with Crippen molar-refractivity contribution in [3.8, 4) is 6.07 Å². The highest BCUT2D eigenvalue weighted by Gasteiger charge is 2.70. The van der Waals surface area contributed by atoms with Crippen LogP contribution in [0.4, 0.5) is 0 Å². The third kappa shape index (κ3) is 1.82. The van der Waals surface area contributed by atoms with Gasteiger partial charge in [-0.2, -0.15) is 5.26 Å². The van der Waals surface area contributed by atoms with Crippen LogP contribution in [-0.4, -0.2) is 11.4 Å². The largest absolute Gasteiger partial charge is 0.347 e. The molecule has 3 saturated carbocycles. The maximum Gasteiger partial charge on any atom is 0.251 e. The predicted molar refractivity (Wildman–Crippen MR) is 72.7 cm³/mol. The van der Waals surface area contributed by atoms with Crippen LogP contribution in [0.2, 0.25) is 5.02 Å². The van der Waals surface area contributed by atoms with Crippen molar-refractivity contribution < 1.29 is 4.79 Å². The molecular weight excluding hydrogens is 260 g/mol. The Morgan fingerprint density at radius 1 is 1.47 bits per heavy atom. The van der Waals surface area contributed by atoms with Gasteiger partial charge in [0, 0.05) is 22.0 Å². The highest BCUT2D eigenvalue weighted by molar-refractivity contribution is 6.30. The molecule has 2 bridgehead atoms. The summed E-state index contributed by atoms with van der Waals surface area (Å²) in [5, 5.41) is 12.7. The normalized spacial score (nSPS) is 32.5. The number of hydrogen-bond acceptors (Lipinski definition) is 2. The monoisotopic (exact) mass is 274 g/mol. The molecule has 3 aliphatic rings. The fourth-order valence-electron chi connectivity index (χ4n) is 3.54. The number of nitrogens with one attached hydrogen (secondary N) is 1. The molecule has 4 rings (SSSR count). The van der Waals surface area contributed by atoms with E-state index in [1.54, 1.807) is 24.3 Å². The first-order valence-electron chi connectivity index (χ1n) is 6.46. The van der Waals surface area contributed by atoms with Gasteiger partial charge < -0.3 is 5.32 Å². The minimum Gasteiger partial charge on any atom is -0.347 e. The van der Waals surface area contributed by atoms with E-state index in [0.717, 1.165) is 19.3 Å². The van der Waals surface area contributed by atoms with Crippen molar-refractivity contribution in [3.63, 3.8) is 0 Å². The second-order valence-corrected chi connectivity index (χ2v) is 6.42. The van der Waals surface area contributed by atoms with Crippen molar-refractivity contribution in [2.75, 3.05) is 0 Å². The molecule has 1 N–H and O–H groups in total. The fourth-order valence-corrected chi connectivity index (χ4v) is 3.73. The van der Waals surface area contributed by atoms with Gasteiger partial charge in [0.25, 0.3) is 5.91 Å². The van der Waals surface area contributed by atoms with Gasteiger partial charge in [-0.3, -0.25) is 4.79 Å². The van der Waals surface area contributed by atoms with E-state index in [4.69, 9.17) is 16.9 Å². The molecule has 19 heavy (non-hydrogen) atoms. The van der Waals surface area contributed by atoms with Crippen LogP contribution >= 0.6 is 11.6 Å². The van der Waals surface area contributed by atoms with E-state index in [0.29, 0.717) is 10.6 Å². The van der Waals surface area contributed by atoms with Crippen LogP contribution in [0.1, 0.15) is 36.5 Å². The molecule has 0 saturated heterocycles. The molecule has 3 fully saturated rings. The minimum atomic E-state index is -0.0691. The highest BCUT2D eigenvalue weighted by atomic mass is 35.5. The highest BCUT2D eigenvalue weighted by Crippen LogP contribution is 2.70. The first-order valence-corrected chi connectivity index (χ1v) is 6.84. The van der Waals surface area contributed by atoms with E-state index in [2.05, 4.69) is 11.4 Å². The van der Waals surface area contributed by atoms with Crippen LogP contribution in [0.15, 0.2) is 24.3 Å². The number of carbonyl (C=O) groups is 1. The quantitative estimate of drug-likeness (QED) is 0.920. The Morgan fingerprint density at radius 3 is 2.74 bits per heavy atom. The van der Waals surface area contributed by atoms with Gasteiger partial charge in [0.15, 0.2) is 0 Å². The summed E-state index contributed by atoms with van der Waals surface area (Å²) in [5.74, 6) is 0.0119. The number of hydrogen-bond donors (Lipinski definition) is 1. The zero-order valence-electron chi connectivity index (χ0n) is 10.7. The fraction of sp³-hybridized carbons (Fsp3) is 0.467. The topological polar surface area (TPSA) is 52.9 Å². The summed E-state index contributed by atoms with van der Waals surface area (Å²) in [6.45, 7) is 1.97. The number of nitriles is 1. The molecule has 1 atom stereocenters. The molecule has 0 aliphatic heterocycles. The second-order valence-electron chi connectivity index (χ2n) is 5.99. The Bertz CT molecular complexity index is 570. The van der Waals surface area contributed by atoms with Crippen LogP contribution in [0.3, 0.4) is 0 Å². The number of halogens is 1. The third-order valence-electron chi connectivity index (χ3n) is 4.65. The first-order chi connectivity index (χ1) is 8.99. The molecule has 98 valence electrons. The van der Waals surface area contributed by atoms with Crippen molar-refractivity contribution in [2.24, 2.45) is 11.3 Å².